The van der Waals surface area contributed by atoms with Crippen LogP contribution in [0.1, 0.15) is 12.5 Å². The number of benzene rings is 1. The first kappa shape index (κ1) is 15.2. The molecule has 1 saturated heterocycles. The van der Waals surface area contributed by atoms with Crippen LogP contribution >= 0.6 is 12.4 Å². The molecule has 5 heteroatoms. The molecule has 1 aliphatic rings. The van der Waals surface area contributed by atoms with Crippen molar-refractivity contribution in [2.45, 2.75) is 19.4 Å². The number of hydrogen-bond acceptors (Lipinski definition) is 3. The number of nitrogens with two attached hydrogens (primary N) is 1. The Hall–Kier alpha value is -0.840. The molecule has 0 amide bonds. The van der Waals surface area contributed by atoms with Gasteiger partial charge in [0, 0.05) is 19.1 Å². The molecule has 1 heterocycles. The lowest BCUT2D eigenvalue weighted by Crippen LogP contribution is -2.37. The highest BCUT2D eigenvalue weighted by Gasteiger charge is 2.18. The minimum Gasteiger partial charge on any atom is -0.378 e. The molecule has 2 N–H and O–H groups in total. The Morgan fingerprint density at radius 1 is 1.39 bits per heavy atom. The summed E-state index contributed by atoms with van der Waals surface area (Å²) in [7, 11) is 0. The Bertz CT molecular complexity index is 381. The molecule has 3 nitrogen and oxygen atoms in total. The Balaban J connectivity index is 0.00000162. The quantitative estimate of drug-likeness (QED) is 0.916. The third-order valence-corrected chi connectivity index (χ3v) is 2.94. The maximum Gasteiger partial charge on any atom is 0.146 e. The predicted octanol–water partition coefficient (Wildman–Crippen LogP) is 1.97. The van der Waals surface area contributed by atoms with Gasteiger partial charge in [0.05, 0.1) is 18.9 Å². The number of hydrogen-bond donors (Lipinski definition) is 1. The fourth-order valence-electron chi connectivity index (χ4n) is 2.21. The van der Waals surface area contributed by atoms with E-state index >= 15 is 0 Å². The van der Waals surface area contributed by atoms with Gasteiger partial charge in [-0.2, -0.15) is 0 Å². The molecule has 0 saturated carbocycles. The summed E-state index contributed by atoms with van der Waals surface area (Å²) in [5, 5.41) is 0. The van der Waals surface area contributed by atoms with E-state index in [1.165, 1.54) is 6.07 Å². The second-order valence-corrected chi connectivity index (χ2v) is 4.53. The zero-order valence-electron chi connectivity index (χ0n) is 10.6. The number of nitrogens with zero attached hydrogens (tertiary/aromatic N) is 1. The maximum atomic E-state index is 14.0. The van der Waals surface area contributed by atoms with Crippen molar-refractivity contribution in [2.24, 2.45) is 5.73 Å². The van der Waals surface area contributed by atoms with Crippen molar-refractivity contribution < 1.29 is 9.13 Å². The minimum atomic E-state index is -0.162. The van der Waals surface area contributed by atoms with Crippen LogP contribution in [0.5, 0.6) is 0 Å². The van der Waals surface area contributed by atoms with E-state index in [1.807, 2.05) is 13.0 Å². The van der Waals surface area contributed by atoms with Crippen LogP contribution in [0.2, 0.25) is 0 Å². The first-order chi connectivity index (χ1) is 8.18. The number of halogens is 2. The van der Waals surface area contributed by atoms with E-state index in [0.29, 0.717) is 25.3 Å². The molecule has 1 aromatic rings. The van der Waals surface area contributed by atoms with Crippen LogP contribution in [-0.2, 0) is 11.2 Å². The third-order valence-electron chi connectivity index (χ3n) is 2.94. The largest absolute Gasteiger partial charge is 0.378 e. The Labute approximate surface area is 114 Å². The van der Waals surface area contributed by atoms with Crippen molar-refractivity contribution in [3.8, 4) is 0 Å². The highest BCUT2D eigenvalue weighted by atomic mass is 35.5. The lowest BCUT2D eigenvalue weighted by molar-refractivity contribution is 0.122. The second-order valence-electron chi connectivity index (χ2n) is 4.53. The van der Waals surface area contributed by atoms with Crippen LogP contribution in [0, 0.1) is 5.82 Å². The Kier molecular flexibility index (Phi) is 5.85. The normalized spacial score (nSPS) is 17.2. The molecule has 0 radical (unpaired) electrons. The first-order valence-electron chi connectivity index (χ1n) is 6.04. The van der Waals surface area contributed by atoms with Gasteiger partial charge >= 0.3 is 0 Å². The second kappa shape index (κ2) is 6.92. The van der Waals surface area contributed by atoms with E-state index < -0.39 is 0 Å². The van der Waals surface area contributed by atoms with Crippen molar-refractivity contribution in [1.29, 1.82) is 0 Å². The topological polar surface area (TPSA) is 38.5 Å². The first-order valence-corrected chi connectivity index (χ1v) is 6.04. The number of ether oxygens (including phenoxy) is 1. The molecule has 0 bridgehead atoms. The summed E-state index contributed by atoms with van der Waals surface area (Å²) < 4.78 is 19.3. The SMILES string of the molecule is CC(N)Cc1cccc(F)c1N1CCOCC1.Cl. The van der Waals surface area contributed by atoms with Gasteiger partial charge in [-0.3, -0.25) is 0 Å². The van der Waals surface area contributed by atoms with Crippen LogP contribution in [0.4, 0.5) is 10.1 Å². The van der Waals surface area contributed by atoms with Crippen molar-refractivity contribution in [2.75, 3.05) is 31.2 Å². The van der Waals surface area contributed by atoms with E-state index in [1.54, 1.807) is 6.07 Å². The molecule has 1 aliphatic heterocycles. The fourth-order valence-corrected chi connectivity index (χ4v) is 2.21. The number of para-hydroxylation sites is 1. The van der Waals surface area contributed by atoms with Crippen LogP contribution in [0.3, 0.4) is 0 Å². The van der Waals surface area contributed by atoms with Crippen LogP contribution in [-0.4, -0.2) is 32.3 Å². The number of morpholine rings is 1. The van der Waals surface area contributed by atoms with Gasteiger partial charge in [0.25, 0.3) is 0 Å². The average molecular weight is 275 g/mol. The highest BCUT2D eigenvalue weighted by molar-refractivity contribution is 5.85. The van der Waals surface area contributed by atoms with Gasteiger partial charge in [-0.15, -0.1) is 12.4 Å². The monoisotopic (exact) mass is 274 g/mol. The van der Waals surface area contributed by atoms with Crippen molar-refractivity contribution in [1.82, 2.24) is 0 Å². The van der Waals surface area contributed by atoms with Crippen molar-refractivity contribution >= 4 is 18.1 Å². The third kappa shape index (κ3) is 3.57. The molecule has 18 heavy (non-hydrogen) atoms. The smallest absolute Gasteiger partial charge is 0.146 e. The highest BCUT2D eigenvalue weighted by Crippen LogP contribution is 2.26. The molecule has 1 aromatic carbocycles. The molecule has 0 spiro atoms. The Morgan fingerprint density at radius 2 is 2.06 bits per heavy atom. The van der Waals surface area contributed by atoms with Gasteiger partial charge in [-0.25, -0.2) is 4.39 Å². The molecule has 1 atom stereocenters. The van der Waals surface area contributed by atoms with E-state index in [2.05, 4.69) is 4.90 Å². The van der Waals surface area contributed by atoms with Crippen molar-refractivity contribution in [3.05, 3.63) is 29.6 Å². The van der Waals surface area contributed by atoms with E-state index in [0.717, 1.165) is 18.7 Å². The minimum absolute atomic E-state index is 0. The molecule has 2 rings (SSSR count). The fraction of sp³-hybridized carbons (Fsp3) is 0.538. The van der Waals surface area contributed by atoms with Crippen LogP contribution in [0.15, 0.2) is 18.2 Å². The molecule has 0 aromatic heterocycles. The van der Waals surface area contributed by atoms with Gasteiger partial charge in [0.15, 0.2) is 0 Å². The molecule has 102 valence electrons. The summed E-state index contributed by atoms with van der Waals surface area (Å²) in [6, 6.07) is 5.25. The average Bonchev–Trinajstić information content (AvgIpc) is 2.29. The zero-order chi connectivity index (χ0) is 12.3. The van der Waals surface area contributed by atoms with Crippen LogP contribution < -0.4 is 10.6 Å². The predicted molar refractivity (Wildman–Crippen MR) is 74.0 cm³/mol. The molecule has 0 aliphatic carbocycles. The van der Waals surface area contributed by atoms with Gasteiger partial charge in [0.2, 0.25) is 0 Å². The summed E-state index contributed by atoms with van der Waals surface area (Å²) in [5.74, 6) is -0.162. The molecular weight excluding hydrogens is 255 g/mol. The van der Waals surface area contributed by atoms with E-state index in [4.69, 9.17) is 10.5 Å². The van der Waals surface area contributed by atoms with Crippen LogP contribution in [0.25, 0.3) is 0 Å². The van der Waals surface area contributed by atoms with Gasteiger partial charge in [0.1, 0.15) is 5.82 Å². The van der Waals surface area contributed by atoms with Crippen molar-refractivity contribution in [3.63, 3.8) is 0 Å². The molecule has 1 fully saturated rings. The van der Waals surface area contributed by atoms with E-state index in [-0.39, 0.29) is 24.3 Å². The standard InChI is InChI=1S/C13H19FN2O.ClH/c1-10(15)9-11-3-2-4-12(14)13(11)16-5-7-17-8-6-16;/h2-4,10H,5-9,15H2,1H3;1H. The van der Waals surface area contributed by atoms with Gasteiger partial charge < -0.3 is 15.4 Å². The summed E-state index contributed by atoms with van der Waals surface area (Å²) in [6.45, 7) is 4.74. The maximum absolute atomic E-state index is 14.0. The summed E-state index contributed by atoms with van der Waals surface area (Å²) in [4.78, 5) is 2.05. The molecular formula is C13H20ClFN2O. The Morgan fingerprint density at radius 3 is 2.67 bits per heavy atom. The van der Waals surface area contributed by atoms with Gasteiger partial charge in [-0.1, -0.05) is 12.1 Å². The summed E-state index contributed by atoms with van der Waals surface area (Å²) in [5.41, 5.74) is 7.50. The summed E-state index contributed by atoms with van der Waals surface area (Å²) >= 11 is 0. The summed E-state index contributed by atoms with van der Waals surface area (Å²) in [6.07, 6.45) is 0.699. The molecule has 1 unspecified atom stereocenters. The van der Waals surface area contributed by atoms with E-state index in [9.17, 15) is 4.39 Å². The zero-order valence-corrected chi connectivity index (χ0v) is 11.4. The van der Waals surface area contributed by atoms with Gasteiger partial charge in [-0.05, 0) is 25.0 Å². The number of anilines is 1. The lowest BCUT2D eigenvalue weighted by atomic mass is 10.0. The number of rotatable bonds is 3. The lowest BCUT2D eigenvalue weighted by Gasteiger charge is -2.31.